The van der Waals surface area contributed by atoms with E-state index in [2.05, 4.69) is 5.87 Å². The van der Waals surface area contributed by atoms with Gasteiger partial charge in [0.1, 0.15) is 0 Å². The van der Waals surface area contributed by atoms with Crippen LogP contribution in [0, 0.1) is 0 Å². The summed E-state index contributed by atoms with van der Waals surface area (Å²) >= 11 is 0. The third-order valence-corrected chi connectivity index (χ3v) is 2.20. The van der Waals surface area contributed by atoms with Gasteiger partial charge in [-0.15, -0.1) is 0 Å². The van der Waals surface area contributed by atoms with E-state index in [0.717, 1.165) is 13.1 Å². The molecule has 1 rings (SSSR count). The highest BCUT2D eigenvalue weighted by atomic mass is 32.2. The summed E-state index contributed by atoms with van der Waals surface area (Å²) in [4.78, 5) is 0. The van der Waals surface area contributed by atoms with E-state index < -0.39 is 10.6 Å². The maximum absolute atomic E-state index is 10.7. The molecule has 0 aromatic heterocycles. The van der Waals surface area contributed by atoms with Gasteiger partial charge in [0, 0.05) is 13.1 Å². The van der Waals surface area contributed by atoms with Crippen LogP contribution in [-0.2, 0) is 19.5 Å². The maximum Gasteiger partial charge on any atom is 0.0578 e. The normalized spacial score (nSPS) is 22.8. The molecule has 0 radical (unpaired) electrons. The van der Waals surface area contributed by atoms with E-state index in [9.17, 15) is 4.21 Å². The standard InChI is InChI=1S/C5H10NO2S/c1-9(7)6-2-4-8-5-3-6/h1-5H2/q-1. The lowest BCUT2D eigenvalue weighted by molar-refractivity contribution is 0.0758. The molecule has 1 fully saturated rings. The second-order valence-electron chi connectivity index (χ2n) is 1.86. The van der Waals surface area contributed by atoms with E-state index in [1.54, 1.807) is 4.31 Å². The number of hydrogen-bond acceptors (Lipinski definition) is 3. The highest BCUT2D eigenvalue weighted by molar-refractivity contribution is 7.80. The van der Waals surface area contributed by atoms with Crippen molar-refractivity contribution >= 4 is 16.4 Å². The van der Waals surface area contributed by atoms with Crippen molar-refractivity contribution in [2.45, 2.75) is 0 Å². The smallest absolute Gasteiger partial charge is 0.0578 e. The molecule has 0 spiro atoms. The molecule has 1 aliphatic rings. The lowest BCUT2D eigenvalue weighted by Gasteiger charge is -2.30. The molecule has 0 aromatic rings. The zero-order valence-electron chi connectivity index (χ0n) is 5.21. The van der Waals surface area contributed by atoms with Crippen LogP contribution in [0.5, 0.6) is 0 Å². The SMILES string of the molecule is C=[S-](=O)N1CCOCC1. The van der Waals surface area contributed by atoms with E-state index in [4.69, 9.17) is 4.74 Å². The van der Waals surface area contributed by atoms with E-state index >= 15 is 0 Å². The number of nitrogens with zero attached hydrogens (tertiary/aromatic N) is 1. The fraction of sp³-hybridized carbons (Fsp3) is 0.800. The molecule has 54 valence electrons. The number of rotatable bonds is 1. The zero-order valence-corrected chi connectivity index (χ0v) is 6.02. The van der Waals surface area contributed by atoms with Crippen LogP contribution in [0.4, 0.5) is 0 Å². The average Bonchev–Trinajstić information content (AvgIpc) is 1.90. The van der Waals surface area contributed by atoms with E-state index in [0.29, 0.717) is 13.2 Å². The van der Waals surface area contributed by atoms with Crippen LogP contribution in [0.1, 0.15) is 0 Å². The van der Waals surface area contributed by atoms with Crippen molar-refractivity contribution in [1.29, 1.82) is 0 Å². The molecule has 0 bridgehead atoms. The lowest BCUT2D eigenvalue weighted by Crippen LogP contribution is -2.34. The molecule has 0 amide bonds. The van der Waals surface area contributed by atoms with Crippen molar-refractivity contribution in [2.75, 3.05) is 26.3 Å². The summed E-state index contributed by atoms with van der Waals surface area (Å²) in [6, 6.07) is 0. The molecule has 0 aromatic carbocycles. The molecule has 1 aliphatic heterocycles. The van der Waals surface area contributed by atoms with Crippen molar-refractivity contribution < 1.29 is 8.95 Å². The lowest BCUT2D eigenvalue weighted by atomic mass is 10.5. The predicted molar refractivity (Wildman–Crippen MR) is 37.6 cm³/mol. The van der Waals surface area contributed by atoms with Crippen LogP contribution in [0.2, 0.25) is 0 Å². The quantitative estimate of drug-likeness (QED) is 0.375. The fourth-order valence-corrected chi connectivity index (χ4v) is 1.31. The summed E-state index contributed by atoms with van der Waals surface area (Å²) < 4.78 is 17.5. The molecule has 3 nitrogen and oxygen atoms in total. The van der Waals surface area contributed by atoms with Crippen LogP contribution in [0.25, 0.3) is 0 Å². The van der Waals surface area contributed by atoms with Gasteiger partial charge in [0.2, 0.25) is 0 Å². The van der Waals surface area contributed by atoms with E-state index in [1.807, 2.05) is 0 Å². The van der Waals surface area contributed by atoms with Crippen LogP contribution >= 0.6 is 0 Å². The minimum absolute atomic E-state index is 0.682. The molecule has 9 heavy (non-hydrogen) atoms. The van der Waals surface area contributed by atoms with Gasteiger partial charge in [-0.2, -0.15) is 5.87 Å². The molecule has 0 atom stereocenters. The van der Waals surface area contributed by atoms with Crippen molar-refractivity contribution in [3.63, 3.8) is 0 Å². The summed E-state index contributed by atoms with van der Waals surface area (Å²) in [6.07, 6.45) is 0. The highest BCUT2D eigenvalue weighted by Gasteiger charge is 2.01. The summed E-state index contributed by atoms with van der Waals surface area (Å²) in [5, 5.41) is 0. The van der Waals surface area contributed by atoms with Crippen molar-refractivity contribution in [3.05, 3.63) is 0 Å². The summed E-state index contributed by atoms with van der Waals surface area (Å²) in [6.45, 7) is 2.86. The van der Waals surface area contributed by atoms with Crippen molar-refractivity contribution in [3.8, 4) is 0 Å². The third kappa shape index (κ3) is 1.97. The first-order valence-corrected chi connectivity index (χ1v) is 4.12. The first kappa shape index (κ1) is 7.05. The van der Waals surface area contributed by atoms with E-state index in [1.165, 1.54) is 0 Å². The average molecular weight is 148 g/mol. The Morgan fingerprint density at radius 3 is 2.33 bits per heavy atom. The van der Waals surface area contributed by atoms with Crippen LogP contribution in [-0.4, -0.2) is 36.5 Å². The Morgan fingerprint density at radius 2 is 2.00 bits per heavy atom. The van der Waals surface area contributed by atoms with Gasteiger partial charge in [0.05, 0.1) is 13.2 Å². The molecule has 0 saturated carbocycles. The van der Waals surface area contributed by atoms with Gasteiger partial charge in [-0.25, -0.2) is 10.6 Å². The van der Waals surface area contributed by atoms with Gasteiger partial charge in [-0.3, -0.25) is 0 Å². The predicted octanol–water partition coefficient (Wildman–Crippen LogP) is -0.371. The second kappa shape index (κ2) is 3.20. The van der Waals surface area contributed by atoms with Gasteiger partial charge in [0.25, 0.3) is 0 Å². The maximum atomic E-state index is 10.7. The Hall–Kier alpha value is -0.0600. The van der Waals surface area contributed by atoms with Crippen LogP contribution in [0.15, 0.2) is 0 Å². The Labute approximate surface area is 56.8 Å². The fourth-order valence-electron chi connectivity index (χ4n) is 0.750. The van der Waals surface area contributed by atoms with E-state index in [-0.39, 0.29) is 0 Å². The first-order chi connectivity index (χ1) is 4.30. The molecule has 0 aliphatic carbocycles. The van der Waals surface area contributed by atoms with Gasteiger partial charge < -0.3 is 13.3 Å². The largest absolute Gasteiger partial charge is 0.448 e. The van der Waals surface area contributed by atoms with Crippen LogP contribution in [0.3, 0.4) is 0 Å². The minimum atomic E-state index is -1.05. The number of ether oxygens (including phenoxy) is 1. The second-order valence-corrected chi connectivity index (χ2v) is 3.02. The van der Waals surface area contributed by atoms with Crippen molar-refractivity contribution in [2.24, 2.45) is 0 Å². The van der Waals surface area contributed by atoms with Gasteiger partial charge in [0.15, 0.2) is 0 Å². The number of morpholine rings is 1. The first-order valence-electron chi connectivity index (χ1n) is 2.85. The summed E-state index contributed by atoms with van der Waals surface area (Å²) in [5.41, 5.74) is 0. The Morgan fingerprint density at radius 1 is 1.44 bits per heavy atom. The third-order valence-electron chi connectivity index (χ3n) is 1.26. The summed E-state index contributed by atoms with van der Waals surface area (Å²) in [7, 11) is -1.05. The molecular formula is C5H10NO2S-. The Bertz CT molecular complexity index is 141. The van der Waals surface area contributed by atoms with Gasteiger partial charge in [-0.1, -0.05) is 0 Å². The van der Waals surface area contributed by atoms with Gasteiger partial charge >= 0.3 is 0 Å². The molecule has 0 N–H and O–H groups in total. The molecule has 1 heterocycles. The molecule has 1 saturated heterocycles. The molecular weight excluding hydrogens is 138 g/mol. The van der Waals surface area contributed by atoms with Gasteiger partial charge in [-0.05, 0) is 0 Å². The van der Waals surface area contributed by atoms with Crippen LogP contribution < -0.4 is 0 Å². The minimum Gasteiger partial charge on any atom is -0.448 e. The summed E-state index contributed by atoms with van der Waals surface area (Å²) in [5.74, 6) is 3.40. The Balaban J connectivity index is 2.40. The number of hydrogen-bond donors (Lipinski definition) is 0. The Kier molecular flexibility index (Phi) is 2.50. The van der Waals surface area contributed by atoms with Crippen molar-refractivity contribution in [1.82, 2.24) is 4.31 Å². The molecule has 0 unspecified atom stereocenters. The monoisotopic (exact) mass is 148 g/mol. The topological polar surface area (TPSA) is 29.5 Å². The zero-order chi connectivity index (χ0) is 6.69. The highest BCUT2D eigenvalue weighted by Crippen LogP contribution is 1.94. The molecule has 4 heteroatoms.